The van der Waals surface area contributed by atoms with E-state index in [0.29, 0.717) is 6.54 Å². The van der Waals surface area contributed by atoms with E-state index in [1.807, 2.05) is 13.8 Å². The van der Waals surface area contributed by atoms with Crippen molar-refractivity contribution in [2.75, 3.05) is 26.2 Å². The van der Waals surface area contributed by atoms with Crippen LogP contribution < -0.4 is 11.1 Å². The molecule has 0 heterocycles. The number of nitrogens with two attached hydrogens (primary N) is 1. The number of hydrogen-bond acceptors (Lipinski definition) is 3. The number of carbonyl (C=O) groups is 2. The fraction of sp³-hybridized carbons (Fsp3) is 0.750. The molecule has 0 aromatic heterocycles. The summed E-state index contributed by atoms with van der Waals surface area (Å²) >= 11 is 0. The van der Waals surface area contributed by atoms with Gasteiger partial charge in [0.1, 0.15) is 0 Å². The van der Waals surface area contributed by atoms with Crippen molar-refractivity contribution in [3.8, 4) is 0 Å². The van der Waals surface area contributed by atoms with E-state index in [-0.39, 0.29) is 19.0 Å². The van der Waals surface area contributed by atoms with Crippen LogP contribution in [0, 0.1) is 0 Å². The van der Waals surface area contributed by atoms with Crippen LogP contribution >= 0.6 is 0 Å². The van der Waals surface area contributed by atoms with Gasteiger partial charge >= 0.3 is 0 Å². The number of likely N-dealkylation sites (N-methyl/N-ethyl adjacent to an activating group) is 2. The second-order valence-electron chi connectivity index (χ2n) is 2.65. The molecule has 13 heavy (non-hydrogen) atoms. The molecule has 0 saturated heterocycles. The summed E-state index contributed by atoms with van der Waals surface area (Å²) < 4.78 is 0. The van der Waals surface area contributed by atoms with Gasteiger partial charge in [-0.05, 0) is 13.5 Å². The molecule has 0 saturated carbocycles. The zero-order chi connectivity index (χ0) is 10.3. The van der Waals surface area contributed by atoms with Gasteiger partial charge in [0.15, 0.2) is 0 Å². The largest absolute Gasteiger partial charge is 0.368 e. The van der Waals surface area contributed by atoms with Gasteiger partial charge in [0.05, 0.1) is 13.1 Å². The topological polar surface area (TPSA) is 75.4 Å². The quantitative estimate of drug-likeness (QED) is 0.556. The van der Waals surface area contributed by atoms with Gasteiger partial charge in [0.25, 0.3) is 0 Å². The van der Waals surface area contributed by atoms with E-state index >= 15 is 0 Å². The fourth-order valence-corrected chi connectivity index (χ4v) is 0.908. The minimum Gasteiger partial charge on any atom is -0.368 e. The van der Waals surface area contributed by atoms with Crippen LogP contribution in [0.1, 0.15) is 13.8 Å². The predicted octanol–water partition coefficient (Wildman–Crippen LogP) is -1.07. The van der Waals surface area contributed by atoms with E-state index in [1.165, 1.54) is 4.90 Å². The molecule has 0 atom stereocenters. The molecule has 76 valence electrons. The van der Waals surface area contributed by atoms with Gasteiger partial charge in [-0.3, -0.25) is 9.59 Å². The van der Waals surface area contributed by atoms with Gasteiger partial charge in [-0.25, -0.2) is 0 Å². The van der Waals surface area contributed by atoms with Crippen molar-refractivity contribution in [3.05, 3.63) is 0 Å². The molecule has 0 aliphatic carbocycles. The lowest BCUT2D eigenvalue weighted by Gasteiger charge is -2.18. The highest BCUT2D eigenvalue weighted by Gasteiger charge is 2.12. The second-order valence-corrected chi connectivity index (χ2v) is 2.65. The summed E-state index contributed by atoms with van der Waals surface area (Å²) in [4.78, 5) is 23.3. The zero-order valence-corrected chi connectivity index (χ0v) is 8.17. The third kappa shape index (κ3) is 5.19. The van der Waals surface area contributed by atoms with Gasteiger partial charge in [-0.1, -0.05) is 6.92 Å². The fourth-order valence-electron chi connectivity index (χ4n) is 0.908. The van der Waals surface area contributed by atoms with Gasteiger partial charge in [-0.2, -0.15) is 0 Å². The summed E-state index contributed by atoms with van der Waals surface area (Å²) in [7, 11) is 0. The highest BCUT2D eigenvalue weighted by Crippen LogP contribution is 1.87. The van der Waals surface area contributed by atoms with Gasteiger partial charge in [0, 0.05) is 6.54 Å². The number of hydrogen-bond donors (Lipinski definition) is 2. The lowest BCUT2D eigenvalue weighted by atomic mass is 10.4. The molecular formula is C8H17N3O2. The summed E-state index contributed by atoms with van der Waals surface area (Å²) in [5.74, 6) is -0.574. The van der Waals surface area contributed by atoms with Crippen molar-refractivity contribution in [2.45, 2.75) is 13.8 Å². The minimum atomic E-state index is -0.480. The Kier molecular flexibility index (Phi) is 5.88. The third-order valence-corrected chi connectivity index (χ3v) is 1.61. The van der Waals surface area contributed by atoms with E-state index in [9.17, 15) is 9.59 Å². The Hall–Kier alpha value is -1.10. The van der Waals surface area contributed by atoms with E-state index in [4.69, 9.17) is 5.73 Å². The Labute approximate surface area is 78.3 Å². The Morgan fingerprint density at radius 1 is 1.38 bits per heavy atom. The van der Waals surface area contributed by atoms with E-state index in [1.54, 1.807) is 0 Å². The first kappa shape index (κ1) is 11.9. The van der Waals surface area contributed by atoms with Crippen molar-refractivity contribution in [1.29, 1.82) is 0 Å². The first-order valence-corrected chi connectivity index (χ1v) is 4.38. The Morgan fingerprint density at radius 3 is 2.38 bits per heavy atom. The molecule has 0 spiro atoms. The second kappa shape index (κ2) is 6.42. The third-order valence-electron chi connectivity index (χ3n) is 1.61. The molecule has 0 rings (SSSR count). The van der Waals surface area contributed by atoms with Gasteiger partial charge < -0.3 is 16.0 Å². The van der Waals surface area contributed by atoms with Crippen molar-refractivity contribution in [1.82, 2.24) is 10.2 Å². The smallest absolute Gasteiger partial charge is 0.237 e. The molecule has 0 aliphatic heterocycles. The highest BCUT2D eigenvalue weighted by atomic mass is 16.2. The zero-order valence-electron chi connectivity index (χ0n) is 8.17. The molecule has 2 amide bonds. The minimum absolute atomic E-state index is 0.000722. The molecular weight excluding hydrogens is 170 g/mol. The number of carbonyl (C=O) groups excluding carboxylic acids is 2. The van der Waals surface area contributed by atoms with Gasteiger partial charge in [0.2, 0.25) is 11.8 Å². The van der Waals surface area contributed by atoms with Crippen LogP contribution in [0.25, 0.3) is 0 Å². The summed E-state index contributed by atoms with van der Waals surface area (Å²) in [5.41, 5.74) is 4.98. The Balaban J connectivity index is 3.92. The summed E-state index contributed by atoms with van der Waals surface area (Å²) in [6.07, 6.45) is 0. The van der Waals surface area contributed by atoms with Gasteiger partial charge in [-0.15, -0.1) is 0 Å². The summed E-state index contributed by atoms with van der Waals surface area (Å²) in [5, 5.41) is 2.89. The Bertz CT molecular complexity index is 182. The van der Waals surface area contributed by atoms with Crippen LogP contribution in [0.3, 0.4) is 0 Å². The molecule has 0 aromatic carbocycles. The normalized spacial score (nSPS) is 9.69. The summed E-state index contributed by atoms with van der Waals surface area (Å²) in [6.45, 7) is 5.23. The monoisotopic (exact) mass is 187 g/mol. The van der Waals surface area contributed by atoms with Crippen molar-refractivity contribution < 1.29 is 9.59 Å². The number of rotatable bonds is 6. The molecule has 5 nitrogen and oxygen atoms in total. The van der Waals surface area contributed by atoms with Crippen molar-refractivity contribution in [2.24, 2.45) is 5.73 Å². The molecule has 5 heteroatoms. The van der Waals surface area contributed by atoms with Crippen LogP contribution in [-0.2, 0) is 9.59 Å². The van der Waals surface area contributed by atoms with Crippen LogP contribution in [-0.4, -0.2) is 42.9 Å². The van der Waals surface area contributed by atoms with Crippen LogP contribution in [0.2, 0.25) is 0 Å². The number of nitrogens with zero attached hydrogens (tertiary/aromatic N) is 1. The maximum absolute atomic E-state index is 11.3. The molecule has 0 aromatic rings. The number of nitrogens with one attached hydrogen (secondary N) is 1. The highest BCUT2D eigenvalue weighted by molar-refractivity contribution is 5.84. The number of primary amides is 1. The molecule has 0 aliphatic rings. The SMILES string of the molecule is CCNCC(=O)N(CC)CC(N)=O. The molecule has 0 fully saturated rings. The molecule has 0 unspecified atom stereocenters. The molecule has 0 radical (unpaired) electrons. The van der Waals surface area contributed by atoms with Crippen LogP contribution in [0.15, 0.2) is 0 Å². The van der Waals surface area contributed by atoms with Crippen molar-refractivity contribution >= 4 is 11.8 Å². The lowest BCUT2D eigenvalue weighted by Crippen LogP contribution is -2.42. The average Bonchev–Trinajstić information content (AvgIpc) is 2.09. The standard InChI is InChI=1S/C8H17N3O2/c1-3-10-5-8(13)11(4-2)6-7(9)12/h10H,3-6H2,1-2H3,(H2,9,12). The Morgan fingerprint density at radius 2 is 2.00 bits per heavy atom. The van der Waals surface area contributed by atoms with E-state index in [2.05, 4.69) is 5.32 Å². The van der Waals surface area contributed by atoms with Crippen molar-refractivity contribution in [3.63, 3.8) is 0 Å². The maximum atomic E-state index is 11.3. The summed E-state index contributed by atoms with van der Waals surface area (Å²) in [6, 6.07) is 0. The molecule has 0 bridgehead atoms. The van der Waals surface area contributed by atoms with E-state index in [0.717, 1.165) is 6.54 Å². The average molecular weight is 187 g/mol. The predicted molar refractivity (Wildman–Crippen MR) is 50.0 cm³/mol. The first-order chi connectivity index (χ1) is 6.11. The number of amides is 2. The van der Waals surface area contributed by atoms with E-state index < -0.39 is 5.91 Å². The molecule has 3 N–H and O–H groups in total. The van der Waals surface area contributed by atoms with Crippen LogP contribution in [0.4, 0.5) is 0 Å². The van der Waals surface area contributed by atoms with Crippen LogP contribution in [0.5, 0.6) is 0 Å². The maximum Gasteiger partial charge on any atom is 0.237 e. The lowest BCUT2D eigenvalue weighted by molar-refractivity contribution is -0.134. The first-order valence-electron chi connectivity index (χ1n) is 4.38.